The summed E-state index contributed by atoms with van der Waals surface area (Å²) in [5.41, 5.74) is 0.265. The van der Waals surface area contributed by atoms with Gasteiger partial charge in [0.1, 0.15) is 5.54 Å². The van der Waals surface area contributed by atoms with E-state index in [2.05, 4.69) is 5.32 Å². The minimum Gasteiger partial charge on any atom is -0.368 e. The molecule has 1 aliphatic carbocycles. The molecular weight excluding hydrogens is 450 g/mol. The van der Waals surface area contributed by atoms with E-state index in [0.717, 1.165) is 42.0 Å². The van der Waals surface area contributed by atoms with Crippen molar-refractivity contribution in [2.24, 2.45) is 0 Å². The van der Waals surface area contributed by atoms with Gasteiger partial charge in [-0.2, -0.15) is 0 Å². The number of carbonyl (C=O) groups is 2. The molecule has 1 saturated heterocycles. The first kappa shape index (κ1) is 24.2. The second-order valence-corrected chi connectivity index (χ2v) is 11.3. The van der Waals surface area contributed by atoms with Crippen molar-refractivity contribution in [3.8, 4) is 0 Å². The first-order valence-electron chi connectivity index (χ1n) is 11.6. The van der Waals surface area contributed by atoms with Gasteiger partial charge in [-0.1, -0.05) is 55.7 Å². The van der Waals surface area contributed by atoms with E-state index in [0.29, 0.717) is 5.69 Å². The summed E-state index contributed by atoms with van der Waals surface area (Å²) in [6, 6.07) is 15.8. The Kier molecular flexibility index (Phi) is 6.91. The number of hydrogen-bond donors (Lipinski definition) is 1. The van der Waals surface area contributed by atoms with Crippen LogP contribution in [0.3, 0.4) is 0 Å². The maximum absolute atomic E-state index is 13.8. The number of nitrogens with zero attached hydrogens (tertiary/aromatic N) is 2. The lowest BCUT2D eigenvalue weighted by Crippen LogP contribution is -2.48. The number of rotatable bonds is 7. The predicted octanol–water partition coefficient (Wildman–Crippen LogP) is 3.89. The van der Waals surface area contributed by atoms with E-state index in [-0.39, 0.29) is 29.2 Å². The van der Waals surface area contributed by atoms with Crippen molar-refractivity contribution in [3.05, 3.63) is 66.2 Å². The van der Waals surface area contributed by atoms with Gasteiger partial charge in [0.15, 0.2) is 0 Å². The highest BCUT2D eigenvalue weighted by Crippen LogP contribution is 2.35. The van der Waals surface area contributed by atoms with E-state index < -0.39 is 15.6 Å². The van der Waals surface area contributed by atoms with E-state index in [1.165, 1.54) is 31.1 Å². The Balaban J connectivity index is 1.67. The fourth-order valence-corrected chi connectivity index (χ4v) is 5.59. The van der Waals surface area contributed by atoms with Crippen molar-refractivity contribution in [1.82, 2.24) is 9.21 Å². The molecule has 180 valence electrons. The van der Waals surface area contributed by atoms with Crippen LogP contribution in [-0.2, 0) is 19.6 Å². The molecule has 1 aliphatic heterocycles. The third-order valence-corrected chi connectivity index (χ3v) is 8.43. The Hall–Kier alpha value is -2.97. The molecule has 0 unspecified atom stereocenters. The quantitative estimate of drug-likeness (QED) is 0.607. The monoisotopic (exact) mass is 481 g/mol. The SMILES string of the molecule is CN(C)S(=O)(=O)c1ccc(N[C@@]2(/C=C\c3ccccc3)CC(=O)N(C3CCCCC3)C2=O)cc1. The number of nitrogens with one attached hydrogen (secondary N) is 1. The van der Waals surface area contributed by atoms with Gasteiger partial charge in [-0.15, -0.1) is 0 Å². The van der Waals surface area contributed by atoms with Crippen LogP contribution in [-0.4, -0.2) is 55.1 Å². The lowest BCUT2D eigenvalue weighted by atomic mass is 9.93. The highest BCUT2D eigenvalue weighted by Gasteiger charge is 2.52. The van der Waals surface area contributed by atoms with Crippen LogP contribution in [0.1, 0.15) is 44.1 Å². The second kappa shape index (κ2) is 9.72. The van der Waals surface area contributed by atoms with Crippen LogP contribution in [0.2, 0.25) is 0 Å². The second-order valence-electron chi connectivity index (χ2n) is 9.19. The number of hydrogen-bond acceptors (Lipinski definition) is 5. The van der Waals surface area contributed by atoms with E-state index in [1.54, 1.807) is 18.2 Å². The summed E-state index contributed by atoms with van der Waals surface area (Å²) in [5, 5.41) is 3.27. The maximum atomic E-state index is 13.8. The number of amides is 2. The van der Waals surface area contributed by atoms with Crippen molar-refractivity contribution in [2.75, 3.05) is 19.4 Å². The summed E-state index contributed by atoms with van der Waals surface area (Å²) in [6.45, 7) is 0. The molecule has 7 nitrogen and oxygen atoms in total. The normalized spacial score (nSPS) is 22.1. The topological polar surface area (TPSA) is 86.8 Å². The van der Waals surface area contributed by atoms with Gasteiger partial charge in [-0.3, -0.25) is 14.5 Å². The summed E-state index contributed by atoms with van der Waals surface area (Å²) in [6.07, 6.45) is 8.49. The molecular formula is C26H31N3O4S. The number of sulfonamides is 1. The van der Waals surface area contributed by atoms with E-state index in [1.807, 2.05) is 36.4 Å². The highest BCUT2D eigenvalue weighted by atomic mass is 32.2. The van der Waals surface area contributed by atoms with Crippen molar-refractivity contribution in [3.63, 3.8) is 0 Å². The smallest absolute Gasteiger partial charge is 0.259 e. The summed E-state index contributed by atoms with van der Waals surface area (Å²) < 4.78 is 26.0. The molecule has 0 bridgehead atoms. The van der Waals surface area contributed by atoms with Crippen molar-refractivity contribution in [2.45, 2.75) is 55.0 Å². The zero-order valence-electron chi connectivity index (χ0n) is 19.6. The molecule has 8 heteroatoms. The van der Waals surface area contributed by atoms with E-state index in [4.69, 9.17) is 0 Å². The fourth-order valence-electron chi connectivity index (χ4n) is 4.69. The zero-order chi connectivity index (χ0) is 24.3. The largest absolute Gasteiger partial charge is 0.368 e. The van der Waals surface area contributed by atoms with Crippen LogP contribution in [0, 0.1) is 0 Å². The lowest BCUT2D eigenvalue weighted by molar-refractivity contribution is -0.142. The van der Waals surface area contributed by atoms with Crippen molar-refractivity contribution in [1.29, 1.82) is 0 Å². The molecule has 1 saturated carbocycles. The maximum Gasteiger partial charge on any atom is 0.259 e. The van der Waals surface area contributed by atoms with Gasteiger partial charge in [-0.25, -0.2) is 12.7 Å². The van der Waals surface area contributed by atoms with Crippen LogP contribution >= 0.6 is 0 Å². The summed E-state index contributed by atoms with van der Waals surface area (Å²) in [5.74, 6) is -0.421. The number of anilines is 1. The molecule has 1 heterocycles. The van der Waals surface area contributed by atoms with Crippen LogP contribution in [0.25, 0.3) is 6.08 Å². The molecule has 2 fully saturated rings. The van der Waals surface area contributed by atoms with E-state index in [9.17, 15) is 18.0 Å². The van der Waals surface area contributed by atoms with Crippen LogP contribution in [0.15, 0.2) is 65.6 Å². The fraction of sp³-hybridized carbons (Fsp3) is 0.385. The third kappa shape index (κ3) is 4.79. The van der Waals surface area contributed by atoms with Gasteiger partial charge in [0.05, 0.1) is 11.3 Å². The Morgan fingerprint density at radius 3 is 2.24 bits per heavy atom. The Labute approximate surface area is 201 Å². The average Bonchev–Trinajstić information content (AvgIpc) is 3.08. The van der Waals surface area contributed by atoms with Crippen LogP contribution in [0.4, 0.5) is 5.69 Å². The average molecular weight is 482 g/mol. The van der Waals surface area contributed by atoms with Gasteiger partial charge >= 0.3 is 0 Å². The molecule has 0 radical (unpaired) electrons. The van der Waals surface area contributed by atoms with Gasteiger partial charge in [0.2, 0.25) is 15.9 Å². The minimum absolute atomic E-state index is 0.0173. The molecule has 2 aromatic rings. The number of benzene rings is 2. The van der Waals surface area contributed by atoms with E-state index >= 15 is 0 Å². The molecule has 0 aromatic heterocycles. The molecule has 4 rings (SSSR count). The Morgan fingerprint density at radius 2 is 1.62 bits per heavy atom. The standard InChI is InChI=1S/C26H31N3O4S/c1-28(2)34(32,33)23-15-13-21(14-16-23)27-26(18-17-20-9-5-3-6-10-20)19-24(30)29(25(26)31)22-11-7-4-8-12-22/h3,5-6,9-10,13-18,22,27H,4,7-8,11-12,19H2,1-2H3/b18-17-/t26-/m0/s1. The molecule has 1 N–H and O–H groups in total. The van der Waals surface area contributed by atoms with Gasteiger partial charge in [-0.05, 0) is 48.7 Å². The highest BCUT2D eigenvalue weighted by molar-refractivity contribution is 7.89. The lowest BCUT2D eigenvalue weighted by Gasteiger charge is -2.32. The van der Waals surface area contributed by atoms with Crippen molar-refractivity contribution >= 4 is 33.6 Å². The molecule has 34 heavy (non-hydrogen) atoms. The molecule has 2 aliphatic rings. The zero-order valence-corrected chi connectivity index (χ0v) is 20.4. The Morgan fingerprint density at radius 1 is 0.971 bits per heavy atom. The number of carbonyl (C=O) groups excluding carboxylic acids is 2. The third-order valence-electron chi connectivity index (χ3n) is 6.60. The van der Waals surface area contributed by atoms with Gasteiger partial charge in [0.25, 0.3) is 5.91 Å². The summed E-state index contributed by atoms with van der Waals surface area (Å²) in [7, 11) is -0.604. The van der Waals surface area contributed by atoms with Crippen LogP contribution in [0.5, 0.6) is 0 Å². The number of likely N-dealkylation sites (tertiary alicyclic amines) is 1. The predicted molar refractivity (Wildman–Crippen MR) is 132 cm³/mol. The van der Waals surface area contributed by atoms with Crippen LogP contribution < -0.4 is 5.32 Å². The number of imide groups is 1. The summed E-state index contributed by atoms with van der Waals surface area (Å²) >= 11 is 0. The minimum atomic E-state index is -3.56. The molecule has 0 spiro atoms. The van der Waals surface area contributed by atoms with Crippen molar-refractivity contribution < 1.29 is 18.0 Å². The molecule has 2 aromatic carbocycles. The molecule has 2 amide bonds. The van der Waals surface area contributed by atoms with Gasteiger partial charge in [0, 0.05) is 25.8 Å². The summed E-state index contributed by atoms with van der Waals surface area (Å²) in [4.78, 5) is 28.5. The molecule has 1 atom stereocenters. The first-order chi connectivity index (χ1) is 16.2. The van der Waals surface area contributed by atoms with Gasteiger partial charge < -0.3 is 5.32 Å². The first-order valence-corrected chi connectivity index (χ1v) is 13.1. The Bertz CT molecular complexity index is 1170.